The smallest absolute Gasteiger partial charge is 0.391 e. The van der Waals surface area contributed by atoms with Crippen LogP contribution in [0.5, 0.6) is 0 Å². The van der Waals surface area contributed by atoms with Crippen LogP contribution in [0.2, 0.25) is 5.02 Å². The van der Waals surface area contributed by atoms with Crippen LogP contribution in [0.1, 0.15) is 29.5 Å². The SMILES string of the molecule is CN(C)c1cc(-c2nn(-c3cc(N4CCC(O)C4)ccc3C(F)(F)F)c(=O)c3c2CCC3)ccc1Cl. The van der Waals surface area contributed by atoms with E-state index in [0.29, 0.717) is 59.9 Å². The summed E-state index contributed by atoms with van der Waals surface area (Å²) in [6.45, 7) is 0.836. The largest absolute Gasteiger partial charge is 0.418 e. The summed E-state index contributed by atoms with van der Waals surface area (Å²) in [4.78, 5) is 17.1. The van der Waals surface area contributed by atoms with Crippen molar-refractivity contribution in [3.05, 3.63) is 68.5 Å². The molecule has 2 heterocycles. The molecule has 1 aliphatic heterocycles. The van der Waals surface area contributed by atoms with E-state index in [9.17, 15) is 23.1 Å². The lowest BCUT2D eigenvalue weighted by atomic mass is 10.0. The number of fused-ring (bicyclic) bond motifs is 1. The van der Waals surface area contributed by atoms with Crippen molar-refractivity contribution in [2.45, 2.75) is 38.0 Å². The van der Waals surface area contributed by atoms with Crippen LogP contribution in [0.3, 0.4) is 0 Å². The fourth-order valence-electron chi connectivity index (χ4n) is 5.08. The Labute approximate surface area is 211 Å². The van der Waals surface area contributed by atoms with Gasteiger partial charge in [-0.05, 0) is 61.6 Å². The third kappa shape index (κ3) is 4.35. The highest BCUT2D eigenvalue weighted by Gasteiger charge is 2.36. The molecule has 0 radical (unpaired) electrons. The molecule has 0 bridgehead atoms. The number of aliphatic hydroxyl groups is 1. The molecule has 190 valence electrons. The molecule has 3 aromatic rings. The second kappa shape index (κ2) is 9.12. The molecular formula is C26H26ClF3N4O2. The predicted molar refractivity (Wildman–Crippen MR) is 134 cm³/mol. The Kier molecular flexibility index (Phi) is 6.24. The molecule has 2 aromatic carbocycles. The summed E-state index contributed by atoms with van der Waals surface area (Å²) in [5.41, 5.74) is 1.90. The molecule has 1 atom stereocenters. The van der Waals surface area contributed by atoms with Gasteiger partial charge in [0.1, 0.15) is 0 Å². The lowest BCUT2D eigenvalue weighted by molar-refractivity contribution is -0.137. The minimum absolute atomic E-state index is 0.316. The number of anilines is 2. The van der Waals surface area contributed by atoms with Crippen molar-refractivity contribution in [3.63, 3.8) is 0 Å². The number of benzene rings is 2. The van der Waals surface area contributed by atoms with Gasteiger partial charge in [-0.2, -0.15) is 23.0 Å². The summed E-state index contributed by atoms with van der Waals surface area (Å²) in [6, 6.07) is 9.07. The Morgan fingerprint density at radius 1 is 1.11 bits per heavy atom. The number of nitrogens with zero attached hydrogens (tertiary/aromatic N) is 4. The van der Waals surface area contributed by atoms with Crippen molar-refractivity contribution in [1.82, 2.24) is 9.78 Å². The molecule has 1 aliphatic carbocycles. The van der Waals surface area contributed by atoms with Gasteiger partial charge in [0, 0.05) is 44.0 Å². The molecule has 1 fully saturated rings. The third-order valence-electron chi connectivity index (χ3n) is 6.90. The fourth-order valence-corrected chi connectivity index (χ4v) is 5.37. The molecule has 36 heavy (non-hydrogen) atoms. The first-order valence-electron chi connectivity index (χ1n) is 11.8. The molecule has 10 heteroatoms. The van der Waals surface area contributed by atoms with Crippen LogP contribution >= 0.6 is 11.6 Å². The van der Waals surface area contributed by atoms with Gasteiger partial charge >= 0.3 is 6.18 Å². The van der Waals surface area contributed by atoms with E-state index >= 15 is 0 Å². The van der Waals surface area contributed by atoms with E-state index < -0.39 is 23.4 Å². The van der Waals surface area contributed by atoms with Crippen LogP contribution in [0.15, 0.2) is 41.2 Å². The number of rotatable bonds is 4. The molecule has 1 aromatic heterocycles. The number of halogens is 4. The average Bonchev–Trinajstić information content (AvgIpc) is 3.48. The maximum absolute atomic E-state index is 14.1. The molecule has 0 amide bonds. The second-order valence-electron chi connectivity index (χ2n) is 9.52. The van der Waals surface area contributed by atoms with Gasteiger partial charge < -0.3 is 14.9 Å². The summed E-state index contributed by atoms with van der Waals surface area (Å²) in [6.07, 6.45) is -2.85. The van der Waals surface area contributed by atoms with Gasteiger partial charge in [0.25, 0.3) is 5.56 Å². The van der Waals surface area contributed by atoms with E-state index in [1.54, 1.807) is 12.1 Å². The van der Waals surface area contributed by atoms with E-state index in [4.69, 9.17) is 11.6 Å². The van der Waals surface area contributed by atoms with E-state index in [1.807, 2.05) is 30.0 Å². The highest BCUT2D eigenvalue weighted by atomic mass is 35.5. The Morgan fingerprint density at radius 3 is 2.53 bits per heavy atom. The minimum Gasteiger partial charge on any atom is -0.391 e. The van der Waals surface area contributed by atoms with Crippen LogP contribution < -0.4 is 15.4 Å². The Balaban J connectivity index is 1.74. The molecular weight excluding hydrogens is 493 g/mol. The highest BCUT2D eigenvalue weighted by molar-refractivity contribution is 6.33. The molecule has 0 saturated carbocycles. The summed E-state index contributed by atoms with van der Waals surface area (Å²) >= 11 is 6.34. The van der Waals surface area contributed by atoms with Gasteiger partial charge in [0.2, 0.25) is 0 Å². The molecule has 1 N–H and O–H groups in total. The normalized spacial score (nSPS) is 17.5. The number of hydrogen-bond acceptors (Lipinski definition) is 5. The number of aliphatic hydroxyl groups excluding tert-OH is 1. The van der Waals surface area contributed by atoms with Crippen LogP contribution in [0.4, 0.5) is 24.5 Å². The monoisotopic (exact) mass is 518 g/mol. The number of aromatic nitrogens is 2. The zero-order chi connectivity index (χ0) is 25.8. The maximum atomic E-state index is 14.1. The number of alkyl halides is 3. The van der Waals surface area contributed by atoms with Gasteiger partial charge in [-0.15, -0.1) is 0 Å². The first-order chi connectivity index (χ1) is 17.0. The van der Waals surface area contributed by atoms with Crippen molar-refractivity contribution in [1.29, 1.82) is 0 Å². The van der Waals surface area contributed by atoms with Crippen molar-refractivity contribution in [2.24, 2.45) is 0 Å². The third-order valence-corrected chi connectivity index (χ3v) is 7.22. The van der Waals surface area contributed by atoms with Crippen LogP contribution in [0.25, 0.3) is 16.9 Å². The minimum atomic E-state index is -4.68. The summed E-state index contributed by atoms with van der Waals surface area (Å²) in [5.74, 6) is 0. The summed E-state index contributed by atoms with van der Waals surface area (Å²) in [7, 11) is 3.69. The summed E-state index contributed by atoms with van der Waals surface area (Å²) in [5, 5.41) is 15.0. The van der Waals surface area contributed by atoms with Crippen LogP contribution in [-0.2, 0) is 19.0 Å². The standard InChI is InChI=1S/C26H26ClF3N4O2/c1-32(2)23-12-15(6-9-21(23)27)24-18-4-3-5-19(18)25(36)34(31-24)22-13-16(33-11-10-17(35)14-33)7-8-20(22)26(28,29)30/h6-9,12-13,17,35H,3-5,10-11,14H2,1-2H3. The predicted octanol–water partition coefficient (Wildman–Crippen LogP) is 4.70. The quantitative estimate of drug-likeness (QED) is 0.542. The lowest BCUT2D eigenvalue weighted by Gasteiger charge is -2.22. The first-order valence-corrected chi connectivity index (χ1v) is 12.2. The highest BCUT2D eigenvalue weighted by Crippen LogP contribution is 2.38. The zero-order valence-corrected chi connectivity index (χ0v) is 20.7. The molecule has 6 nitrogen and oxygen atoms in total. The van der Waals surface area contributed by atoms with Gasteiger partial charge in [-0.3, -0.25) is 4.79 Å². The van der Waals surface area contributed by atoms with Gasteiger partial charge in [0.15, 0.2) is 0 Å². The van der Waals surface area contributed by atoms with E-state index in [0.717, 1.165) is 28.4 Å². The molecule has 1 saturated heterocycles. The molecule has 5 rings (SSSR count). The Hall–Kier alpha value is -3.04. The zero-order valence-electron chi connectivity index (χ0n) is 19.9. The van der Waals surface area contributed by atoms with Crippen molar-refractivity contribution in [2.75, 3.05) is 37.0 Å². The van der Waals surface area contributed by atoms with E-state index in [-0.39, 0.29) is 5.69 Å². The molecule has 2 aliphatic rings. The van der Waals surface area contributed by atoms with Gasteiger partial charge in [-0.25, -0.2) is 0 Å². The van der Waals surface area contributed by atoms with E-state index in [1.165, 1.54) is 12.1 Å². The van der Waals surface area contributed by atoms with Gasteiger partial charge in [-0.1, -0.05) is 17.7 Å². The van der Waals surface area contributed by atoms with E-state index in [2.05, 4.69) is 5.10 Å². The lowest BCUT2D eigenvalue weighted by Crippen LogP contribution is -2.29. The van der Waals surface area contributed by atoms with Crippen molar-refractivity contribution in [3.8, 4) is 16.9 Å². The van der Waals surface area contributed by atoms with Crippen molar-refractivity contribution < 1.29 is 18.3 Å². The van der Waals surface area contributed by atoms with Crippen molar-refractivity contribution >= 4 is 23.0 Å². The molecule has 1 unspecified atom stereocenters. The summed E-state index contributed by atoms with van der Waals surface area (Å²) < 4.78 is 43.2. The Bertz CT molecular complexity index is 1390. The number of β-amino-alcohol motifs (C(OH)–C–C–N with tert-alkyl or cyclic N) is 1. The second-order valence-corrected chi connectivity index (χ2v) is 9.93. The molecule has 0 spiro atoms. The van der Waals surface area contributed by atoms with Gasteiger partial charge in [0.05, 0.1) is 33.8 Å². The van der Waals surface area contributed by atoms with Crippen LogP contribution in [-0.4, -0.2) is 48.2 Å². The Morgan fingerprint density at radius 2 is 1.86 bits per heavy atom. The van der Waals surface area contributed by atoms with Crippen LogP contribution in [0, 0.1) is 0 Å². The first kappa shape index (κ1) is 24.6. The number of hydrogen-bond donors (Lipinski definition) is 1. The topological polar surface area (TPSA) is 61.6 Å². The maximum Gasteiger partial charge on any atom is 0.418 e. The average molecular weight is 519 g/mol. The fraction of sp³-hybridized carbons (Fsp3) is 0.385.